The maximum Gasteiger partial charge on any atom is 0.374 e. The molecular weight excluding hydrogens is 502 g/mol. The van der Waals surface area contributed by atoms with E-state index < -0.39 is 11.4 Å². The van der Waals surface area contributed by atoms with Crippen LogP contribution in [0.4, 0.5) is 14.5 Å². The minimum atomic E-state index is -0.971. The van der Waals surface area contributed by atoms with E-state index in [1.165, 1.54) is 11.6 Å². The van der Waals surface area contributed by atoms with Gasteiger partial charge in [-0.05, 0) is 98.9 Å². The molecular formula is C27H25BrF2N2O2. The third-order valence-electron chi connectivity index (χ3n) is 6.92. The second-order valence-corrected chi connectivity index (χ2v) is 10.2. The molecule has 0 saturated heterocycles. The van der Waals surface area contributed by atoms with Crippen molar-refractivity contribution in [2.24, 2.45) is 5.92 Å². The number of anilines is 1. The molecule has 5 rings (SSSR count). The normalized spacial score (nSPS) is 19.4. The molecule has 1 fully saturated rings. The summed E-state index contributed by atoms with van der Waals surface area (Å²) in [5.74, 6) is -0.253. The molecule has 4 aromatic rings. The zero-order valence-electron chi connectivity index (χ0n) is 18.8. The van der Waals surface area contributed by atoms with E-state index in [-0.39, 0.29) is 17.5 Å². The number of halogens is 3. The van der Waals surface area contributed by atoms with Crippen LogP contribution in [0.15, 0.2) is 62.3 Å². The predicted molar refractivity (Wildman–Crippen MR) is 134 cm³/mol. The highest BCUT2D eigenvalue weighted by atomic mass is 79.9. The number of fused-ring (bicyclic) bond motifs is 2. The lowest BCUT2D eigenvalue weighted by Crippen LogP contribution is -2.24. The van der Waals surface area contributed by atoms with E-state index in [0.717, 1.165) is 47.5 Å². The lowest BCUT2D eigenvalue weighted by atomic mass is 9.76. The van der Waals surface area contributed by atoms with Gasteiger partial charge in [-0.1, -0.05) is 15.9 Å². The number of nitrogens with zero attached hydrogens (tertiary/aromatic N) is 1. The van der Waals surface area contributed by atoms with Crippen LogP contribution < -0.4 is 10.9 Å². The molecule has 2 heterocycles. The monoisotopic (exact) mass is 526 g/mol. The van der Waals surface area contributed by atoms with Gasteiger partial charge in [-0.3, -0.25) is 4.98 Å². The molecule has 2 aromatic carbocycles. The van der Waals surface area contributed by atoms with Gasteiger partial charge < -0.3 is 9.73 Å². The summed E-state index contributed by atoms with van der Waals surface area (Å²) < 4.78 is 34.4. The smallest absolute Gasteiger partial charge is 0.374 e. The number of nitrogens with one attached hydrogen (secondary N) is 1. The molecule has 1 N–H and O–H groups in total. The van der Waals surface area contributed by atoms with Crippen LogP contribution in [0.25, 0.3) is 21.9 Å². The Kier molecular flexibility index (Phi) is 6.38. The summed E-state index contributed by atoms with van der Waals surface area (Å²) >= 11 is 3.36. The van der Waals surface area contributed by atoms with Gasteiger partial charge in [0.15, 0.2) is 0 Å². The van der Waals surface area contributed by atoms with Crippen LogP contribution >= 0.6 is 15.9 Å². The minimum absolute atomic E-state index is 0.0134. The topological polar surface area (TPSA) is 55.1 Å². The lowest BCUT2D eigenvalue weighted by Gasteiger charge is -2.31. The summed E-state index contributed by atoms with van der Waals surface area (Å²) in [6.45, 7) is 2.02. The van der Waals surface area contributed by atoms with Gasteiger partial charge in [-0.25, -0.2) is 9.18 Å². The summed E-state index contributed by atoms with van der Waals surface area (Å²) in [6, 6.07) is 12.0. The first kappa shape index (κ1) is 23.0. The van der Waals surface area contributed by atoms with Crippen LogP contribution in [0.3, 0.4) is 0 Å². The number of pyridine rings is 1. The van der Waals surface area contributed by atoms with Gasteiger partial charge in [-0.15, -0.1) is 0 Å². The van der Waals surface area contributed by atoms with Crippen molar-refractivity contribution in [2.45, 2.75) is 51.0 Å². The van der Waals surface area contributed by atoms with Crippen LogP contribution in [-0.4, -0.2) is 11.0 Å². The van der Waals surface area contributed by atoms with Gasteiger partial charge in [0, 0.05) is 27.5 Å². The second kappa shape index (κ2) is 9.45. The zero-order valence-corrected chi connectivity index (χ0v) is 20.4. The van der Waals surface area contributed by atoms with Crippen LogP contribution in [0.5, 0.6) is 0 Å². The van der Waals surface area contributed by atoms with Crippen LogP contribution in [0.2, 0.25) is 0 Å². The zero-order chi connectivity index (χ0) is 23.8. The highest BCUT2D eigenvalue weighted by molar-refractivity contribution is 9.10. The van der Waals surface area contributed by atoms with Crippen molar-refractivity contribution in [2.75, 3.05) is 5.32 Å². The number of hydrogen-bond acceptors (Lipinski definition) is 4. The average Bonchev–Trinajstić information content (AvgIpc) is 2.82. The Morgan fingerprint density at radius 1 is 1.09 bits per heavy atom. The quantitative estimate of drug-likeness (QED) is 0.273. The van der Waals surface area contributed by atoms with Crippen LogP contribution in [-0.2, 0) is 0 Å². The predicted octanol–water partition coefficient (Wildman–Crippen LogP) is 7.55. The van der Waals surface area contributed by atoms with Crippen molar-refractivity contribution in [3.63, 3.8) is 0 Å². The van der Waals surface area contributed by atoms with E-state index in [1.54, 1.807) is 30.3 Å². The number of aromatic nitrogens is 1. The summed E-state index contributed by atoms with van der Waals surface area (Å²) in [7, 11) is 0. The average molecular weight is 527 g/mol. The fraction of sp³-hybridized carbons (Fsp3) is 0.333. The summed E-state index contributed by atoms with van der Waals surface area (Å²) in [5, 5.41) is 4.68. The van der Waals surface area contributed by atoms with Gasteiger partial charge in [0.05, 0.1) is 11.2 Å². The first-order valence-corrected chi connectivity index (χ1v) is 12.4. The van der Waals surface area contributed by atoms with E-state index in [4.69, 9.17) is 4.42 Å². The highest BCUT2D eigenvalue weighted by Crippen LogP contribution is 2.40. The van der Waals surface area contributed by atoms with Gasteiger partial charge in [0.2, 0.25) is 5.82 Å². The van der Waals surface area contributed by atoms with Gasteiger partial charge in [0.1, 0.15) is 11.4 Å². The van der Waals surface area contributed by atoms with E-state index in [0.29, 0.717) is 22.8 Å². The first-order chi connectivity index (χ1) is 16.4. The summed E-state index contributed by atoms with van der Waals surface area (Å²) in [6.07, 6.45) is 6.81. The van der Waals surface area contributed by atoms with Gasteiger partial charge in [-0.2, -0.15) is 4.39 Å². The van der Waals surface area contributed by atoms with Crippen molar-refractivity contribution in [1.82, 2.24) is 4.98 Å². The van der Waals surface area contributed by atoms with Crippen molar-refractivity contribution in [3.8, 4) is 0 Å². The Bertz CT molecular complexity index is 1410. The summed E-state index contributed by atoms with van der Waals surface area (Å²) in [5.41, 5.74) is 1.57. The van der Waals surface area contributed by atoms with Crippen LogP contribution in [0, 0.1) is 17.6 Å². The Balaban J connectivity index is 1.27. The maximum atomic E-state index is 14.7. The molecule has 0 radical (unpaired) electrons. The second-order valence-electron chi connectivity index (χ2n) is 9.28. The van der Waals surface area contributed by atoms with Gasteiger partial charge in [0.25, 0.3) is 0 Å². The Morgan fingerprint density at radius 3 is 2.68 bits per heavy atom. The van der Waals surface area contributed by atoms with Crippen LogP contribution in [0.1, 0.15) is 50.5 Å². The fourth-order valence-electron chi connectivity index (χ4n) is 5.30. The molecule has 7 heteroatoms. The molecule has 0 amide bonds. The lowest BCUT2D eigenvalue weighted by molar-refractivity contribution is 0.302. The molecule has 34 heavy (non-hydrogen) atoms. The van der Waals surface area contributed by atoms with E-state index in [1.807, 2.05) is 19.2 Å². The standard InChI is InChI=1S/C27H25BrF2N2O2/c1-15(32-26-21-8-6-18(28)13-24(21)34-27(33)25(26)30)12-16-2-4-17(5-3-16)20-10-11-31-23-9-7-19(29)14-22(20)23/h6-11,13-17,32H,2-5,12H2,1H3/t15-,16-,17-/m1/s1. The molecule has 2 aromatic heterocycles. The van der Waals surface area contributed by atoms with Crippen molar-refractivity contribution >= 4 is 43.5 Å². The largest absolute Gasteiger partial charge is 0.420 e. The molecule has 1 saturated carbocycles. The van der Waals surface area contributed by atoms with E-state index in [9.17, 15) is 13.6 Å². The van der Waals surface area contributed by atoms with E-state index in [2.05, 4.69) is 26.2 Å². The molecule has 0 spiro atoms. The molecule has 0 bridgehead atoms. The summed E-state index contributed by atoms with van der Waals surface area (Å²) in [4.78, 5) is 16.4. The molecule has 1 aliphatic rings. The Hall–Kier alpha value is -2.80. The molecule has 4 nitrogen and oxygen atoms in total. The minimum Gasteiger partial charge on any atom is -0.420 e. The van der Waals surface area contributed by atoms with Crippen molar-refractivity contribution in [3.05, 3.63) is 80.8 Å². The van der Waals surface area contributed by atoms with Crippen molar-refractivity contribution < 1.29 is 13.2 Å². The molecule has 0 unspecified atom stereocenters. The third kappa shape index (κ3) is 4.58. The maximum absolute atomic E-state index is 14.7. The highest BCUT2D eigenvalue weighted by Gasteiger charge is 2.26. The third-order valence-corrected chi connectivity index (χ3v) is 7.41. The number of hydrogen-bond donors (Lipinski definition) is 1. The van der Waals surface area contributed by atoms with Gasteiger partial charge >= 0.3 is 5.63 Å². The molecule has 1 atom stereocenters. The Labute approximate surface area is 204 Å². The van der Waals surface area contributed by atoms with Crippen molar-refractivity contribution in [1.29, 1.82) is 0 Å². The Morgan fingerprint density at radius 2 is 1.88 bits per heavy atom. The molecule has 1 aliphatic carbocycles. The molecule has 0 aliphatic heterocycles. The SMILES string of the molecule is C[C@H](C[C@H]1CC[C@H](c2ccnc3ccc(F)cc32)CC1)Nc1c(F)c(=O)oc2cc(Br)ccc12. The first-order valence-electron chi connectivity index (χ1n) is 11.6. The van der Waals surface area contributed by atoms with E-state index >= 15 is 0 Å². The molecule has 176 valence electrons. The number of benzene rings is 2. The fourth-order valence-corrected chi connectivity index (χ4v) is 5.64. The number of rotatable bonds is 5.